The molecule has 3 heteroatoms. The van der Waals surface area contributed by atoms with Gasteiger partial charge in [0.05, 0.1) is 13.2 Å². The second-order valence-electron chi connectivity index (χ2n) is 4.19. The minimum absolute atomic E-state index is 0.398. The molecule has 0 radical (unpaired) electrons. The number of hydrogen-bond acceptors (Lipinski definition) is 2. The molecule has 0 spiro atoms. The van der Waals surface area contributed by atoms with Gasteiger partial charge in [-0.25, -0.2) is 0 Å². The number of hydrogen-bond donors (Lipinski definition) is 2. The molecule has 78 valence electrons. The van der Waals surface area contributed by atoms with Crippen molar-refractivity contribution in [1.82, 2.24) is 4.98 Å². The van der Waals surface area contributed by atoms with Crippen LogP contribution < -0.4 is 0 Å². The summed E-state index contributed by atoms with van der Waals surface area (Å²) in [7, 11) is 0. The van der Waals surface area contributed by atoms with Crippen LogP contribution in [0, 0.1) is 6.92 Å². The predicted octanol–water partition coefficient (Wildman–Crippen LogP) is 1.69. The van der Waals surface area contributed by atoms with Crippen LogP contribution in [0.2, 0.25) is 0 Å². The first kappa shape index (κ1) is 8.95. The average Bonchev–Trinajstić information content (AvgIpc) is 2.51. The minimum Gasteiger partial charge on any atom is -0.380 e. The van der Waals surface area contributed by atoms with Crippen molar-refractivity contribution in [3.05, 3.63) is 35.5 Å². The maximum absolute atomic E-state index is 10.3. The number of benzene rings is 1. The van der Waals surface area contributed by atoms with Gasteiger partial charge in [-0.3, -0.25) is 0 Å². The molecule has 2 N–H and O–H groups in total. The van der Waals surface area contributed by atoms with Gasteiger partial charge in [-0.15, -0.1) is 0 Å². The molecule has 3 nitrogen and oxygen atoms in total. The van der Waals surface area contributed by atoms with E-state index in [1.807, 2.05) is 31.2 Å². The highest BCUT2D eigenvalue weighted by Gasteiger charge is 2.41. The molecule has 1 aliphatic heterocycles. The van der Waals surface area contributed by atoms with Crippen LogP contribution in [0.15, 0.2) is 24.3 Å². The van der Waals surface area contributed by atoms with Crippen LogP contribution in [0.3, 0.4) is 0 Å². The number of aromatic nitrogens is 1. The summed E-state index contributed by atoms with van der Waals surface area (Å²) in [5.74, 6) is 0. The Kier molecular flexibility index (Phi) is 1.69. The number of ether oxygens (including phenoxy) is 1. The first-order chi connectivity index (χ1) is 7.21. The van der Waals surface area contributed by atoms with Gasteiger partial charge < -0.3 is 14.8 Å². The summed E-state index contributed by atoms with van der Waals surface area (Å²) < 4.78 is 5.10. The van der Waals surface area contributed by atoms with E-state index in [0.717, 1.165) is 22.2 Å². The van der Waals surface area contributed by atoms with Gasteiger partial charge in [0.15, 0.2) is 0 Å². The maximum Gasteiger partial charge on any atom is 0.138 e. The van der Waals surface area contributed by atoms with Crippen LogP contribution in [0.5, 0.6) is 0 Å². The third-order valence-electron chi connectivity index (χ3n) is 3.04. The lowest BCUT2D eigenvalue weighted by Crippen LogP contribution is -2.46. The van der Waals surface area contributed by atoms with Crippen LogP contribution in [-0.2, 0) is 10.3 Å². The third-order valence-corrected chi connectivity index (χ3v) is 3.04. The van der Waals surface area contributed by atoms with Crippen molar-refractivity contribution in [3.63, 3.8) is 0 Å². The van der Waals surface area contributed by atoms with E-state index in [1.54, 1.807) is 0 Å². The summed E-state index contributed by atoms with van der Waals surface area (Å²) in [5, 5.41) is 11.4. The second kappa shape index (κ2) is 2.84. The largest absolute Gasteiger partial charge is 0.380 e. The number of aromatic amines is 1. The summed E-state index contributed by atoms with van der Waals surface area (Å²) in [6.45, 7) is 2.79. The Bertz CT molecular complexity index is 511. The van der Waals surface area contributed by atoms with Crippen molar-refractivity contribution < 1.29 is 9.84 Å². The van der Waals surface area contributed by atoms with Crippen LogP contribution in [0.25, 0.3) is 10.9 Å². The normalized spacial score (nSPS) is 19.1. The first-order valence-corrected chi connectivity index (χ1v) is 5.09. The van der Waals surface area contributed by atoms with E-state index in [-0.39, 0.29) is 0 Å². The number of rotatable bonds is 1. The monoisotopic (exact) mass is 203 g/mol. The van der Waals surface area contributed by atoms with E-state index in [2.05, 4.69) is 4.98 Å². The lowest BCUT2D eigenvalue weighted by Gasteiger charge is -2.36. The molecule has 15 heavy (non-hydrogen) atoms. The van der Waals surface area contributed by atoms with Crippen molar-refractivity contribution in [2.75, 3.05) is 13.2 Å². The Balaban J connectivity index is 2.29. The fourth-order valence-electron chi connectivity index (χ4n) is 2.32. The highest BCUT2D eigenvalue weighted by atomic mass is 16.5. The molecule has 0 atom stereocenters. The summed E-state index contributed by atoms with van der Waals surface area (Å²) in [4.78, 5) is 3.29. The van der Waals surface area contributed by atoms with Gasteiger partial charge in [0.1, 0.15) is 5.60 Å². The molecule has 2 aromatic rings. The summed E-state index contributed by atoms with van der Waals surface area (Å²) in [5.41, 5.74) is 2.31. The number of para-hydroxylation sites is 1. The topological polar surface area (TPSA) is 45.2 Å². The highest BCUT2D eigenvalue weighted by molar-refractivity contribution is 5.85. The van der Waals surface area contributed by atoms with E-state index in [4.69, 9.17) is 4.74 Å². The SMILES string of the molecule is Cc1[nH]c2ccccc2c1C1(O)COC1. The molecule has 2 heterocycles. The minimum atomic E-state index is -0.788. The first-order valence-electron chi connectivity index (χ1n) is 5.09. The lowest BCUT2D eigenvalue weighted by molar-refractivity contribution is -0.184. The van der Waals surface area contributed by atoms with Crippen LogP contribution in [-0.4, -0.2) is 23.3 Å². The molecule has 0 amide bonds. The van der Waals surface area contributed by atoms with Crippen molar-refractivity contribution in [2.24, 2.45) is 0 Å². The second-order valence-corrected chi connectivity index (χ2v) is 4.19. The van der Waals surface area contributed by atoms with E-state index in [9.17, 15) is 5.11 Å². The Labute approximate surface area is 87.7 Å². The number of nitrogens with one attached hydrogen (secondary N) is 1. The van der Waals surface area contributed by atoms with Crippen LogP contribution >= 0.6 is 0 Å². The summed E-state index contributed by atoms with van der Waals surface area (Å²) >= 11 is 0. The smallest absolute Gasteiger partial charge is 0.138 e. The lowest BCUT2D eigenvalue weighted by atomic mass is 9.90. The van der Waals surface area contributed by atoms with E-state index >= 15 is 0 Å². The van der Waals surface area contributed by atoms with Crippen molar-refractivity contribution in [1.29, 1.82) is 0 Å². The molecule has 0 saturated carbocycles. The zero-order valence-electron chi connectivity index (χ0n) is 8.58. The summed E-state index contributed by atoms with van der Waals surface area (Å²) in [6.07, 6.45) is 0. The fourth-order valence-corrected chi connectivity index (χ4v) is 2.32. The van der Waals surface area contributed by atoms with Gasteiger partial charge in [0, 0.05) is 22.2 Å². The molecule has 1 saturated heterocycles. The molecule has 0 unspecified atom stereocenters. The number of fused-ring (bicyclic) bond motifs is 1. The molecule has 0 bridgehead atoms. The molecule has 1 aromatic heterocycles. The summed E-state index contributed by atoms with van der Waals surface area (Å²) in [6, 6.07) is 8.03. The van der Waals surface area contributed by atoms with Crippen molar-refractivity contribution in [3.8, 4) is 0 Å². The van der Waals surface area contributed by atoms with Gasteiger partial charge in [0.2, 0.25) is 0 Å². The Morgan fingerprint density at radius 1 is 1.33 bits per heavy atom. The van der Waals surface area contributed by atoms with Gasteiger partial charge in [-0.05, 0) is 13.0 Å². The van der Waals surface area contributed by atoms with Crippen molar-refractivity contribution in [2.45, 2.75) is 12.5 Å². The molecule has 3 rings (SSSR count). The Hall–Kier alpha value is -1.32. The zero-order chi connectivity index (χ0) is 10.5. The predicted molar refractivity (Wildman–Crippen MR) is 57.8 cm³/mol. The molecular weight excluding hydrogens is 190 g/mol. The van der Waals surface area contributed by atoms with Gasteiger partial charge in [-0.1, -0.05) is 18.2 Å². The van der Waals surface area contributed by atoms with Crippen LogP contribution in [0.1, 0.15) is 11.3 Å². The standard InChI is InChI=1S/C12H13NO2/c1-8-11(12(14)6-15-7-12)9-4-2-3-5-10(9)13-8/h2-5,13-14H,6-7H2,1H3. The van der Waals surface area contributed by atoms with Gasteiger partial charge in [0.25, 0.3) is 0 Å². The maximum atomic E-state index is 10.3. The van der Waals surface area contributed by atoms with Crippen molar-refractivity contribution >= 4 is 10.9 Å². The number of H-pyrrole nitrogens is 1. The average molecular weight is 203 g/mol. The number of aryl methyl sites for hydroxylation is 1. The Morgan fingerprint density at radius 2 is 2.07 bits per heavy atom. The quantitative estimate of drug-likeness (QED) is 0.740. The zero-order valence-corrected chi connectivity index (χ0v) is 8.58. The van der Waals surface area contributed by atoms with E-state index in [0.29, 0.717) is 13.2 Å². The Morgan fingerprint density at radius 3 is 2.73 bits per heavy atom. The molecule has 0 aliphatic carbocycles. The molecule has 1 fully saturated rings. The van der Waals surface area contributed by atoms with Crippen LogP contribution in [0.4, 0.5) is 0 Å². The highest BCUT2D eigenvalue weighted by Crippen LogP contribution is 2.36. The number of aliphatic hydroxyl groups is 1. The van der Waals surface area contributed by atoms with Gasteiger partial charge >= 0.3 is 0 Å². The molecule has 1 aromatic carbocycles. The van der Waals surface area contributed by atoms with E-state index in [1.165, 1.54) is 0 Å². The molecular formula is C12H13NO2. The fraction of sp³-hybridized carbons (Fsp3) is 0.333. The molecule has 1 aliphatic rings. The third kappa shape index (κ3) is 1.14. The van der Waals surface area contributed by atoms with Gasteiger partial charge in [-0.2, -0.15) is 0 Å². The van der Waals surface area contributed by atoms with E-state index < -0.39 is 5.60 Å².